The zero-order valence-corrected chi connectivity index (χ0v) is 16.7. The standard InChI is InChI=1S/C20H30N2O3S/c1-21(2)11-5-12-22(19-10-13-26(24,25)15-19)20(23)18-9-8-16-6-3-4-7-17(16)14-18/h8-9,14,19H,3-7,10-13,15H2,1-2H3. The van der Waals surface area contributed by atoms with E-state index in [-0.39, 0.29) is 23.5 Å². The highest BCUT2D eigenvalue weighted by atomic mass is 32.2. The van der Waals surface area contributed by atoms with E-state index in [2.05, 4.69) is 11.0 Å². The normalized spacial score (nSPS) is 21.6. The molecule has 6 heteroatoms. The number of fused-ring (bicyclic) bond motifs is 1. The number of hydrogen-bond donors (Lipinski definition) is 0. The number of sulfone groups is 1. The van der Waals surface area contributed by atoms with E-state index in [1.165, 1.54) is 24.0 Å². The summed E-state index contributed by atoms with van der Waals surface area (Å²) in [5.41, 5.74) is 3.35. The highest BCUT2D eigenvalue weighted by Gasteiger charge is 2.35. The van der Waals surface area contributed by atoms with Crippen LogP contribution in [0.1, 0.15) is 47.2 Å². The van der Waals surface area contributed by atoms with Crippen LogP contribution in [-0.2, 0) is 22.7 Å². The smallest absolute Gasteiger partial charge is 0.254 e. The lowest BCUT2D eigenvalue weighted by molar-refractivity contribution is 0.0690. The third-order valence-electron chi connectivity index (χ3n) is 5.51. The molecule has 1 fully saturated rings. The summed E-state index contributed by atoms with van der Waals surface area (Å²) in [6.07, 6.45) is 5.93. The van der Waals surface area contributed by atoms with E-state index in [1.54, 1.807) is 0 Å². The zero-order chi connectivity index (χ0) is 18.7. The minimum atomic E-state index is -3.02. The SMILES string of the molecule is CN(C)CCCN(C(=O)c1ccc2c(c1)CCCC2)C1CCS(=O)(=O)C1. The first kappa shape index (κ1) is 19.4. The van der Waals surface area contributed by atoms with Gasteiger partial charge in [-0.25, -0.2) is 8.42 Å². The molecule has 1 aromatic rings. The molecule has 0 aromatic heterocycles. The Balaban J connectivity index is 1.79. The van der Waals surface area contributed by atoms with Gasteiger partial charge in [-0.3, -0.25) is 4.79 Å². The Kier molecular flexibility index (Phi) is 6.03. The number of carbonyl (C=O) groups excluding carboxylic acids is 1. The molecule has 26 heavy (non-hydrogen) atoms. The predicted octanol–water partition coefficient (Wildman–Crippen LogP) is 2.15. The maximum atomic E-state index is 13.2. The van der Waals surface area contributed by atoms with E-state index < -0.39 is 9.84 Å². The average Bonchev–Trinajstić information content (AvgIpc) is 2.97. The van der Waals surface area contributed by atoms with Gasteiger partial charge in [-0.05, 0) is 82.4 Å². The Morgan fingerprint density at radius 2 is 1.85 bits per heavy atom. The summed E-state index contributed by atoms with van der Waals surface area (Å²) in [4.78, 5) is 17.1. The van der Waals surface area contributed by atoms with Crippen LogP contribution in [0.25, 0.3) is 0 Å². The molecule has 0 bridgehead atoms. The number of amides is 1. The molecule has 0 spiro atoms. The Morgan fingerprint density at radius 1 is 1.12 bits per heavy atom. The fraction of sp³-hybridized carbons (Fsp3) is 0.650. The monoisotopic (exact) mass is 378 g/mol. The van der Waals surface area contributed by atoms with Gasteiger partial charge in [0.15, 0.2) is 9.84 Å². The first-order chi connectivity index (χ1) is 12.4. The van der Waals surface area contributed by atoms with Gasteiger partial charge in [0.2, 0.25) is 0 Å². The van der Waals surface area contributed by atoms with Crippen molar-refractivity contribution < 1.29 is 13.2 Å². The van der Waals surface area contributed by atoms with E-state index >= 15 is 0 Å². The summed E-state index contributed by atoms with van der Waals surface area (Å²) in [6, 6.07) is 5.87. The van der Waals surface area contributed by atoms with Crippen molar-refractivity contribution in [2.45, 2.75) is 44.6 Å². The molecule has 1 amide bonds. The summed E-state index contributed by atoms with van der Waals surface area (Å²) in [6.45, 7) is 1.49. The Hall–Kier alpha value is -1.40. The summed E-state index contributed by atoms with van der Waals surface area (Å²) in [5.74, 6) is 0.282. The molecule has 1 aliphatic carbocycles. The van der Waals surface area contributed by atoms with Crippen LogP contribution < -0.4 is 0 Å². The van der Waals surface area contributed by atoms with Crippen molar-refractivity contribution in [1.29, 1.82) is 0 Å². The molecular weight excluding hydrogens is 348 g/mol. The molecule has 144 valence electrons. The number of rotatable bonds is 6. The van der Waals surface area contributed by atoms with Gasteiger partial charge in [0.1, 0.15) is 0 Å². The van der Waals surface area contributed by atoms with Gasteiger partial charge in [0.25, 0.3) is 5.91 Å². The molecule has 3 rings (SSSR count). The third-order valence-corrected chi connectivity index (χ3v) is 7.26. The molecule has 0 N–H and O–H groups in total. The summed E-state index contributed by atoms with van der Waals surface area (Å²) in [5, 5.41) is 0. The zero-order valence-electron chi connectivity index (χ0n) is 15.9. The summed E-state index contributed by atoms with van der Waals surface area (Å²) < 4.78 is 23.9. The van der Waals surface area contributed by atoms with Crippen molar-refractivity contribution >= 4 is 15.7 Å². The number of carbonyl (C=O) groups is 1. The van der Waals surface area contributed by atoms with E-state index in [4.69, 9.17) is 0 Å². The molecule has 2 aliphatic rings. The lowest BCUT2D eigenvalue weighted by Gasteiger charge is -2.29. The number of hydrogen-bond acceptors (Lipinski definition) is 4. The van der Waals surface area contributed by atoms with Crippen LogP contribution in [0.3, 0.4) is 0 Å². The molecule has 5 nitrogen and oxygen atoms in total. The maximum absolute atomic E-state index is 13.2. The number of nitrogens with zero attached hydrogens (tertiary/aromatic N) is 2. The van der Waals surface area contributed by atoms with Crippen molar-refractivity contribution in [2.75, 3.05) is 38.7 Å². The quantitative estimate of drug-likeness (QED) is 0.761. The predicted molar refractivity (Wildman–Crippen MR) is 104 cm³/mol. The molecule has 1 aliphatic heterocycles. The second-order valence-electron chi connectivity index (χ2n) is 7.90. The number of aryl methyl sites for hydroxylation is 2. The topological polar surface area (TPSA) is 57.7 Å². The van der Waals surface area contributed by atoms with Crippen LogP contribution >= 0.6 is 0 Å². The summed E-state index contributed by atoms with van der Waals surface area (Å²) in [7, 11) is 1.00. The molecule has 0 saturated carbocycles. The van der Waals surface area contributed by atoms with Crippen molar-refractivity contribution in [2.24, 2.45) is 0 Å². The molecule has 1 atom stereocenters. The largest absolute Gasteiger partial charge is 0.335 e. The van der Waals surface area contributed by atoms with Crippen LogP contribution in [-0.4, -0.2) is 68.9 Å². The lowest BCUT2D eigenvalue weighted by atomic mass is 9.90. The van der Waals surface area contributed by atoms with Crippen molar-refractivity contribution in [3.63, 3.8) is 0 Å². The van der Waals surface area contributed by atoms with Crippen molar-refractivity contribution in [3.8, 4) is 0 Å². The molecular formula is C20H30N2O3S. The Bertz CT molecular complexity index is 758. The minimum Gasteiger partial charge on any atom is -0.335 e. The fourth-order valence-electron chi connectivity index (χ4n) is 4.06. The third kappa shape index (κ3) is 4.65. The second-order valence-corrected chi connectivity index (χ2v) is 10.1. The van der Waals surface area contributed by atoms with Crippen molar-refractivity contribution in [3.05, 3.63) is 34.9 Å². The highest BCUT2D eigenvalue weighted by molar-refractivity contribution is 7.91. The van der Waals surface area contributed by atoms with Gasteiger partial charge in [0, 0.05) is 18.2 Å². The van der Waals surface area contributed by atoms with Crippen LogP contribution in [0.4, 0.5) is 0 Å². The van der Waals surface area contributed by atoms with Gasteiger partial charge in [-0.15, -0.1) is 0 Å². The second kappa shape index (κ2) is 8.09. The number of benzene rings is 1. The van der Waals surface area contributed by atoms with Crippen LogP contribution in [0.15, 0.2) is 18.2 Å². The maximum Gasteiger partial charge on any atom is 0.254 e. The van der Waals surface area contributed by atoms with Gasteiger partial charge in [-0.1, -0.05) is 6.07 Å². The molecule has 1 unspecified atom stereocenters. The van der Waals surface area contributed by atoms with E-state index in [0.29, 0.717) is 18.5 Å². The van der Waals surface area contributed by atoms with Crippen LogP contribution in [0, 0.1) is 0 Å². The lowest BCUT2D eigenvalue weighted by Crippen LogP contribution is -2.42. The van der Waals surface area contributed by atoms with Crippen LogP contribution in [0.2, 0.25) is 0 Å². The fourth-order valence-corrected chi connectivity index (χ4v) is 5.79. The average molecular weight is 379 g/mol. The van der Waals surface area contributed by atoms with E-state index in [0.717, 1.165) is 25.8 Å². The minimum absolute atomic E-state index is 0.0146. The van der Waals surface area contributed by atoms with E-state index in [9.17, 15) is 13.2 Å². The highest BCUT2D eigenvalue weighted by Crippen LogP contribution is 2.25. The van der Waals surface area contributed by atoms with Gasteiger partial charge in [-0.2, -0.15) is 0 Å². The van der Waals surface area contributed by atoms with Crippen molar-refractivity contribution in [1.82, 2.24) is 9.80 Å². The van der Waals surface area contributed by atoms with Gasteiger partial charge in [0.05, 0.1) is 11.5 Å². The molecule has 1 heterocycles. The first-order valence-corrected chi connectivity index (χ1v) is 11.5. The molecule has 1 aromatic carbocycles. The summed E-state index contributed by atoms with van der Waals surface area (Å²) >= 11 is 0. The van der Waals surface area contributed by atoms with Crippen LogP contribution in [0.5, 0.6) is 0 Å². The first-order valence-electron chi connectivity index (χ1n) is 9.64. The van der Waals surface area contributed by atoms with E-state index in [1.807, 2.05) is 31.1 Å². The Morgan fingerprint density at radius 3 is 2.50 bits per heavy atom. The Labute approximate surface area is 157 Å². The van der Waals surface area contributed by atoms with Gasteiger partial charge >= 0.3 is 0 Å². The molecule has 0 radical (unpaired) electrons. The molecule has 1 saturated heterocycles. The van der Waals surface area contributed by atoms with Gasteiger partial charge < -0.3 is 9.80 Å².